The largest absolute Gasteiger partial charge is 0.480 e. The first-order valence-corrected chi connectivity index (χ1v) is 5.80. The lowest BCUT2D eigenvalue weighted by Gasteiger charge is -2.21. The zero-order chi connectivity index (χ0) is 13.7. The van der Waals surface area contributed by atoms with Crippen LogP contribution in [0.15, 0.2) is 28.7 Å². The van der Waals surface area contributed by atoms with Crippen LogP contribution in [0, 0.1) is 0 Å². The van der Waals surface area contributed by atoms with Gasteiger partial charge in [0.1, 0.15) is 0 Å². The fourth-order valence-electron chi connectivity index (χ4n) is 1.22. The minimum absolute atomic E-state index is 0.270. The van der Waals surface area contributed by atoms with Crippen LogP contribution in [-0.2, 0) is 9.63 Å². The Bertz CT molecular complexity index is 451. The second-order valence-corrected chi connectivity index (χ2v) is 4.30. The van der Waals surface area contributed by atoms with Gasteiger partial charge in [-0.25, -0.2) is 4.79 Å². The van der Waals surface area contributed by atoms with E-state index in [-0.39, 0.29) is 5.56 Å². The quantitative estimate of drug-likeness (QED) is 0.785. The number of carboxylic acid groups (broad SMARTS) is 1. The third kappa shape index (κ3) is 3.52. The van der Waals surface area contributed by atoms with Crippen LogP contribution in [0.1, 0.15) is 10.4 Å². The molecule has 0 unspecified atom stereocenters. The van der Waals surface area contributed by atoms with Crippen molar-refractivity contribution in [1.82, 2.24) is 5.06 Å². The van der Waals surface area contributed by atoms with Gasteiger partial charge in [-0.3, -0.25) is 4.79 Å². The Balaban J connectivity index is 2.76. The van der Waals surface area contributed by atoms with E-state index in [2.05, 4.69) is 15.9 Å². The van der Waals surface area contributed by atoms with Crippen LogP contribution < -0.4 is 0 Å². The topological polar surface area (TPSA) is 87.1 Å². The zero-order valence-electron chi connectivity index (χ0n) is 9.54. The molecule has 7 heteroatoms. The number of hydrogen-bond donors (Lipinski definition) is 2. The van der Waals surface area contributed by atoms with Crippen molar-refractivity contribution in [3.63, 3.8) is 0 Å². The average molecular weight is 318 g/mol. The summed E-state index contributed by atoms with van der Waals surface area (Å²) in [6.07, 6.45) is 0. The van der Waals surface area contributed by atoms with E-state index in [9.17, 15) is 9.59 Å². The molecule has 0 amide bonds. The standard InChI is InChI=1S/C11H12BrNO5/c1-13(9(6-14)10(15)16)18-11(17)7-4-2-3-5-8(7)12/h2-5,9,14H,6H2,1H3,(H,15,16)/t9-/m0/s1. The molecule has 0 aliphatic heterocycles. The van der Waals surface area contributed by atoms with Crippen molar-refractivity contribution >= 4 is 27.9 Å². The second-order valence-electron chi connectivity index (χ2n) is 3.44. The number of carbonyl (C=O) groups is 2. The Kier molecular flexibility index (Phi) is 5.26. The molecule has 0 fully saturated rings. The molecule has 0 aliphatic rings. The van der Waals surface area contributed by atoms with E-state index in [1.165, 1.54) is 13.1 Å². The zero-order valence-corrected chi connectivity index (χ0v) is 11.1. The number of nitrogens with zero attached hydrogens (tertiary/aromatic N) is 1. The number of aliphatic hydroxyl groups is 1. The number of halogens is 1. The molecule has 1 aromatic carbocycles. The normalized spacial score (nSPS) is 12.2. The van der Waals surface area contributed by atoms with Crippen LogP contribution in [0.4, 0.5) is 0 Å². The summed E-state index contributed by atoms with van der Waals surface area (Å²) in [5, 5.41) is 18.5. The lowest BCUT2D eigenvalue weighted by atomic mass is 10.2. The molecule has 0 saturated carbocycles. The van der Waals surface area contributed by atoms with Crippen LogP contribution in [0.25, 0.3) is 0 Å². The molecule has 1 rings (SSSR count). The van der Waals surface area contributed by atoms with Crippen molar-refractivity contribution in [1.29, 1.82) is 0 Å². The summed E-state index contributed by atoms with van der Waals surface area (Å²) in [5.74, 6) is -1.98. The number of likely N-dealkylation sites (N-methyl/N-ethyl adjacent to an activating group) is 1. The van der Waals surface area contributed by atoms with Gasteiger partial charge in [-0.15, -0.1) is 5.06 Å². The lowest BCUT2D eigenvalue weighted by Crippen LogP contribution is -2.42. The molecule has 0 saturated heterocycles. The third-order valence-corrected chi connectivity index (χ3v) is 2.91. The summed E-state index contributed by atoms with van der Waals surface area (Å²) in [5.41, 5.74) is 0.270. The number of hydrogen-bond acceptors (Lipinski definition) is 5. The third-order valence-electron chi connectivity index (χ3n) is 2.22. The van der Waals surface area contributed by atoms with Gasteiger partial charge in [0.2, 0.25) is 0 Å². The number of aliphatic hydroxyl groups excluding tert-OH is 1. The van der Waals surface area contributed by atoms with E-state index in [1.54, 1.807) is 18.2 Å². The van der Waals surface area contributed by atoms with Crippen molar-refractivity contribution in [3.8, 4) is 0 Å². The van der Waals surface area contributed by atoms with Gasteiger partial charge < -0.3 is 15.1 Å². The molecule has 0 aromatic heterocycles. The highest BCUT2D eigenvalue weighted by Crippen LogP contribution is 2.17. The minimum Gasteiger partial charge on any atom is -0.480 e. The molecule has 18 heavy (non-hydrogen) atoms. The Morgan fingerprint density at radius 3 is 2.56 bits per heavy atom. The number of carboxylic acids is 1. The molecule has 0 radical (unpaired) electrons. The summed E-state index contributed by atoms with van der Waals surface area (Å²) in [7, 11) is 1.27. The maximum absolute atomic E-state index is 11.8. The lowest BCUT2D eigenvalue weighted by molar-refractivity contribution is -0.168. The van der Waals surface area contributed by atoms with Gasteiger partial charge in [0, 0.05) is 11.5 Å². The van der Waals surface area contributed by atoms with Crippen LogP contribution >= 0.6 is 15.9 Å². The van der Waals surface area contributed by atoms with Gasteiger partial charge in [-0.05, 0) is 28.1 Å². The van der Waals surface area contributed by atoms with Crippen LogP contribution in [0.2, 0.25) is 0 Å². The second kappa shape index (κ2) is 6.48. The highest BCUT2D eigenvalue weighted by atomic mass is 79.9. The number of rotatable bonds is 5. The molecule has 2 N–H and O–H groups in total. The van der Waals surface area contributed by atoms with Gasteiger partial charge >= 0.3 is 11.9 Å². The molecule has 98 valence electrons. The summed E-state index contributed by atoms with van der Waals surface area (Å²) in [6.45, 7) is -0.658. The summed E-state index contributed by atoms with van der Waals surface area (Å²) in [6, 6.07) is 5.30. The Labute approximate surface area is 112 Å². The highest BCUT2D eigenvalue weighted by molar-refractivity contribution is 9.10. The minimum atomic E-state index is -1.29. The monoisotopic (exact) mass is 317 g/mol. The molecule has 0 spiro atoms. The van der Waals surface area contributed by atoms with Crippen LogP contribution in [0.5, 0.6) is 0 Å². The molecule has 1 atom stereocenters. The Morgan fingerprint density at radius 1 is 1.44 bits per heavy atom. The first kappa shape index (κ1) is 14.6. The maximum atomic E-state index is 11.8. The van der Waals surface area contributed by atoms with E-state index in [4.69, 9.17) is 15.1 Å². The van der Waals surface area contributed by atoms with E-state index in [0.29, 0.717) is 4.47 Å². The van der Waals surface area contributed by atoms with E-state index in [1.807, 2.05) is 0 Å². The predicted molar refractivity (Wildman–Crippen MR) is 65.8 cm³/mol. The summed E-state index contributed by atoms with van der Waals surface area (Å²) >= 11 is 3.18. The Hall–Kier alpha value is -1.44. The molecule has 0 bridgehead atoms. The van der Waals surface area contributed by atoms with Crippen molar-refractivity contribution in [2.45, 2.75) is 6.04 Å². The molecular weight excluding hydrogens is 306 g/mol. The summed E-state index contributed by atoms with van der Waals surface area (Å²) < 4.78 is 0.541. The SMILES string of the molecule is CN(OC(=O)c1ccccc1Br)[C@@H](CO)C(=O)O. The molecular formula is C11H12BrNO5. The van der Waals surface area contributed by atoms with Crippen molar-refractivity contribution in [3.05, 3.63) is 34.3 Å². The van der Waals surface area contributed by atoms with E-state index in [0.717, 1.165) is 5.06 Å². The summed E-state index contributed by atoms with van der Waals surface area (Å²) in [4.78, 5) is 27.4. The van der Waals surface area contributed by atoms with Gasteiger partial charge in [-0.1, -0.05) is 12.1 Å². The van der Waals surface area contributed by atoms with Crippen LogP contribution in [0.3, 0.4) is 0 Å². The molecule has 6 nitrogen and oxygen atoms in total. The molecule has 0 aliphatic carbocycles. The van der Waals surface area contributed by atoms with Gasteiger partial charge in [0.05, 0.1) is 12.2 Å². The van der Waals surface area contributed by atoms with Crippen molar-refractivity contribution < 1.29 is 24.6 Å². The van der Waals surface area contributed by atoms with Gasteiger partial charge in [-0.2, -0.15) is 0 Å². The predicted octanol–water partition coefficient (Wildman–Crippen LogP) is 0.898. The van der Waals surface area contributed by atoms with E-state index < -0.39 is 24.6 Å². The van der Waals surface area contributed by atoms with Crippen LogP contribution in [-0.4, -0.2) is 46.9 Å². The number of carbonyl (C=O) groups excluding carboxylic acids is 1. The first-order valence-electron chi connectivity index (χ1n) is 5.00. The Morgan fingerprint density at radius 2 is 2.06 bits per heavy atom. The van der Waals surface area contributed by atoms with E-state index >= 15 is 0 Å². The number of aliphatic carboxylic acids is 1. The smallest absolute Gasteiger partial charge is 0.358 e. The maximum Gasteiger partial charge on any atom is 0.358 e. The number of benzene rings is 1. The molecule has 0 heterocycles. The fraction of sp³-hybridized carbons (Fsp3) is 0.273. The average Bonchev–Trinajstić information content (AvgIpc) is 2.29. The molecule has 1 aromatic rings. The highest BCUT2D eigenvalue weighted by Gasteiger charge is 2.25. The van der Waals surface area contributed by atoms with Crippen molar-refractivity contribution in [2.24, 2.45) is 0 Å². The van der Waals surface area contributed by atoms with Gasteiger partial charge in [0.15, 0.2) is 6.04 Å². The van der Waals surface area contributed by atoms with Crippen molar-refractivity contribution in [2.75, 3.05) is 13.7 Å². The fourth-order valence-corrected chi connectivity index (χ4v) is 1.67. The number of hydroxylamine groups is 2. The first-order chi connectivity index (χ1) is 8.47. The van der Waals surface area contributed by atoms with Gasteiger partial charge in [0.25, 0.3) is 0 Å².